The topological polar surface area (TPSA) is 82.3 Å². The largest absolute Gasteiger partial charge is 0.356 e. The van der Waals surface area contributed by atoms with E-state index in [1.807, 2.05) is 32.0 Å². The number of hydrogen-bond donors (Lipinski definition) is 2. The number of anilines is 1. The summed E-state index contributed by atoms with van der Waals surface area (Å²) in [7, 11) is -3.54. The van der Waals surface area contributed by atoms with E-state index >= 15 is 0 Å². The van der Waals surface area contributed by atoms with Crippen molar-refractivity contribution in [3.05, 3.63) is 47.3 Å². The molecule has 0 saturated carbocycles. The summed E-state index contributed by atoms with van der Waals surface area (Å²) in [4.78, 5) is 15.4. The maximum atomic E-state index is 12.7. The number of nitrogens with zero attached hydrogens (tertiary/aromatic N) is 1. The Morgan fingerprint density at radius 2 is 1.88 bits per heavy atom. The third-order valence-electron chi connectivity index (χ3n) is 4.71. The standard InChI is InChI=1S/C18H23N3O3S/c1-13-7-6-8-16(14(13)2)20-18(22)17-11-15(12-19-17)25(23,24)21-9-4-3-5-10-21/h6-8,11-12,19H,3-5,9-10H2,1-2H3,(H,20,22). The number of carbonyl (C=O) groups excluding carboxylic acids is 1. The van der Waals surface area contributed by atoms with Gasteiger partial charge in [-0.2, -0.15) is 4.31 Å². The number of benzene rings is 1. The fourth-order valence-electron chi connectivity index (χ4n) is 2.98. The predicted octanol–water partition coefficient (Wildman–Crippen LogP) is 3.06. The van der Waals surface area contributed by atoms with Gasteiger partial charge in [0.25, 0.3) is 5.91 Å². The van der Waals surface area contributed by atoms with Gasteiger partial charge in [0, 0.05) is 25.0 Å². The fraction of sp³-hybridized carbons (Fsp3) is 0.389. The van der Waals surface area contributed by atoms with Gasteiger partial charge in [-0.1, -0.05) is 18.6 Å². The van der Waals surface area contributed by atoms with Crippen LogP contribution in [0.4, 0.5) is 5.69 Å². The SMILES string of the molecule is Cc1cccc(NC(=O)c2cc(S(=O)(=O)N3CCCCC3)c[nH]2)c1C. The Kier molecular flexibility index (Phi) is 4.96. The first-order chi connectivity index (χ1) is 11.9. The third kappa shape index (κ3) is 3.62. The Hall–Kier alpha value is -2.12. The fourth-order valence-corrected chi connectivity index (χ4v) is 4.50. The Balaban J connectivity index is 1.78. The summed E-state index contributed by atoms with van der Waals surface area (Å²) in [6.45, 7) is 4.99. The Morgan fingerprint density at radius 3 is 2.60 bits per heavy atom. The van der Waals surface area contributed by atoms with Gasteiger partial charge in [0.1, 0.15) is 10.6 Å². The second-order valence-electron chi connectivity index (χ2n) is 6.42. The number of aryl methyl sites for hydroxylation is 1. The Bertz CT molecular complexity index is 881. The van der Waals surface area contributed by atoms with Crippen molar-refractivity contribution in [2.75, 3.05) is 18.4 Å². The van der Waals surface area contributed by atoms with Crippen molar-refractivity contribution in [2.24, 2.45) is 0 Å². The zero-order valence-electron chi connectivity index (χ0n) is 14.5. The van der Waals surface area contributed by atoms with E-state index in [0.29, 0.717) is 13.1 Å². The van der Waals surface area contributed by atoms with Crippen LogP contribution in [0.5, 0.6) is 0 Å². The highest BCUT2D eigenvalue weighted by Crippen LogP contribution is 2.22. The molecule has 2 heterocycles. The van der Waals surface area contributed by atoms with Crippen molar-refractivity contribution in [3.63, 3.8) is 0 Å². The summed E-state index contributed by atoms with van der Waals surface area (Å²) in [6, 6.07) is 7.08. The number of H-pyrrole nitrogens is 1. The Labute approximate surface area is 148 Å². The number of amides is 1. The number of nitrogens with one attached hydrogen (secondary N) is 2. The molecule has 2 aromatic rings. The van der Waals surface area contributed by atoms with E-state index in [1.165, 1.54) is 16.6 Å². The molecular weight excluding hydrogens is 338 g/mol. The lowest BCUT2D eigenvalue weighted by atomic mass is 10.1. The molecule has 134 valence electrons. The summed E-state index contributed by atoms with van der Waals surface area (Å²) in [5.41, 5.74) is 3.03. The zero-order chi connectivity index (χ0) is 18.0. The third-order valence-corrected chi connectivity index (χ3v) is 6.58. The van der Waals surface area contributed by atoms with Crippen LogP contribution < -0.4 is 5.32 Å². The van der Waals surface area contributed by atoms with Gasteiger partial charge < -0.3 is 10.3 Å². The predicted molar refractivity (Wildman–Crippen MR) is 97.3 cm³/mol. The molecule has 1 aliphatic heterocycles. The van der Waals surface area contributed by atoms with Crippen molar-refractivity contribution in [1.29, 1.82) is 0 Å². The summed E-state index contributed by atoms with van der Waals surface area (Å²) < 4.78 is 26.8. The van der Waals surface area contributed by atoms with Gasteiger partial charge in [-0.25, -0.2) is 8.42 Å². The molecule has 25 heavy (non-hydrogen) atoms. The average molecular weight is 361 g/mol. The molecule has 7 heteroatoms. The lowest BCUT2D eigenvalue weighted by Gasteiger charge is -2.25. The molecule has 0 spiro atoms. The van der Waals surface area contributed by atoms with Crippen LogP contribution in [0.2, 0.25) is 0 Å². The number of hydrogen-bond acceptors (Lipinski definition) is 3. The van der Waals surface area contributed by atoms with E-state index in [4.69, 9.17) is 0 Å². The molecule has 2 N–H and O–H groups in total. The molecule has 0 unspecified atom stereocenters. The normalized spacial score (nSPS) is 15.9. The van der Waals surface area contributed by atoms with Gasteiger partial charge in [0.15, 0.2) is 0 Å². The lowest BCUT2D eigenvalue weighted by Crippen LogP contribution is -2.35. The smallest absolute Gasteiger partial charge is 0.272 e. The van der Waals surface area contributed by atoms with Crippen LogP contribution in [0.25, 0.3) is 0 Å². The summed E-state index contributed by atoms with van der Waals surface area (Å²) in [5, 5.41) is 2.83. The maximum absolute atomic E-state index is 12.7. The zero-order valence-corrected chi connectivity index (χ0v) is 15.3. The highest BCUT2D eigenvalue weighted by atomic mass is 32.2. The van der Waals surface area contributed by atoms with E-state index in [2.05, 4.69) is 10.3 Å². The first kappa shape index (κ1) is 17.7. The van der Waals surface area contributed by atoms with E-state index in [-0.39, 0.29) is 16.5 Å². The molecule has 3 rings (SSSR count). The number of aromatic amines is 1. The molecule has 1 aromatic carbocycles. The molecular formula is C18H23N3O3S. The molecule has 0 atom stereocenters. The summed E-state index contributed by atoms with van der Waals surface area (Å²) >= 11 is 0. The van der Waals surface area contributed by atoms with E-state index < -0.39 is 10.0 Å². The minimum Gasteiger partial charge on any atom is -0.356 e. The molecule has 1 aliphatic rings. The van der Waals surface area contributed by atoms with E-state index in [1.54, 1.807) is 0 Å². The van der Waals surface area contributed by atoms with Gasteiger partial charge in [-0.15, -0.1) is 0 Å². The second kappa shape index (κ2) is 7.01. The van der Waals surface area contributed by atoms with Crippen LogP contribution in [-0.2, 0) is 10.0 Å². The number of rotatable bonds is 4. The number of piperidine rings is 1. The van der Waals surface area contributed by atoms with Gasteiger partial charge in [-0.3, -0.25) is 4.79 Å². The number of carbonyl (C=O) groups is 1. The van der Waals surface area contributed by atoms with Gasteiger partial charge in [0.05, 0.1) is 0 Å². The minimum absolute atomic E-state index is 0.139. The van der Waals surface area contributed by atoms with Crippen molar-refractivity contribution >= 4 is 21.6 Å². The molecule has 6 nitrogen and oxygen atoms in total. The van der Waals surface area contributed by atoms with Gasteiger partial charge in [0.2, 0.25) is 10.0 Å². The molecule has 1 saturated heterocycles. The van der Waals surface area contributed by atoms with E-state index in [9.17, 15) is 13.2 Å². The minimum atomic E-state index is -3.54. The van der Waals surface area contributed by atoms with E-state index in [0.717, 1.165) is 36.1 Å². The molecule has 0 bridgehead atoms. The second-order valence-corrected chi connectivity index (χ2v) is 8.35. The number of sulfonamides is 1. The van der Waals surface area contributed by atoms with Crippen LogP contribution in [0.3, 0.4) is 0 Å². The molecule has 1 aromatic heterocycles. The van der Waals surface area contributed by atoms with Crippen LogP contribution in [0.1, 0.15) is 40.9 Å². The highest BCUT2D eigenvalue weighted by Gasteiger charge is 2.27. The highest BCUT2D eigenvalue weighted by molar-refractivity contribution is 7.89. The van der Waals surface area contributed by atoms with Crippen molar-refractivity contribution in [1.82, 2.24) is 9.29 Å². The quantitative estimate of drug-likeness (QED) is 0.878. The maximum Gasteiger partial charge on any atom is 0.272 e. The summed E-state index contributed by atoms with van der Waals surface area (Å²) in [5.74, 6) is -0.353. The van der Waals surface area contributed by atoms with Gasteiger partial charge in [-0.05, 0) is 49.9 Å². The van der Waals surface area contributed by atoms with Crippen molar-refractivity contribution in [3.8, 4) is 0 Å². The van der Waals surface area contributed by atoms with Crippen molar-refractivity contribution in [2.45, 2.75) is 38.0 Å². The molecule has 1 fully saturated rings. The average Bonchev–Trinajstić information content (AvgIpc) is 3.11. The van der Waals surface area contributed by atoms with Gasteiger partial charge >= 0.3 is 0 Å². The lowest BCUT2D eigenvalue weighted by molar-refractivity contribution is 0.102. The Morgan fingerprint density at radius 1 is 1.16 bits per heavy atom. The van der Waals surface area contributed by atoms with Crippen LogP contribution in [0, 0.1) is 13.8 Å². The molecule has 0 radical (unpaired) electrons. The number of aromatic nitrogens is 1. The molecule has 1 amide bonds. The summed E-state index contributed by atoms with van der Waals surface area (Å²) in [6.07, 6.45) is 4.21. The first-order valence-electron chi connectivity index (χ1n) is 8.46. The monoisotopic (exact) mass is 361 g/mol. The van der Waals surface area contributed by atoms with Crippen LogP contribution in [0.15, 0.2) is 35.4 Å². The van der Waals surface area contributed by atoms with Crippen molar-refractivity contribution < 1.29 is 13.2 Å². The first-order valence-corrected chi connectivity index (χ1v) is 9.90. The molecule has 0 aliphatic carbocycles. The van der Waals surface area contributed by atoms with Crippen LogP contribution >= 0.6 is 0 Å². The van der Waals surface area contributed by atoms with Crippen LogP contribution in [-0.4, -0.2) is 36.7 Å².